The smallest absolute Gasteiger partial charge is 0.264 e. The molecule has 0 aliphatic carbocycles. The molecular formula is C30H35ClFN3O5S. The van der Waals surface area contributed by atoms with Gasteiger partial charge in [-0.1, -0.05) is 30.7 Å². The van der Waals surface area contributed by atoms with Gasteiger partial charge in [-0.05, 0) is 73.7 Å². The van der Waals surface area contributed by atoms with Gasteiger partial charge in [-0.25, -0.2) is 12.8 Å². The third-order valence-corrected chi connectivity index (χ3v) is 9.27. The lowest BCUT2D eigenvalue weighted by Crippen LogP contribution is -2.41. The van der Waals surface area contributed by atoms with Crippen molar-refractivity contribution in [3.05, 3.63) is 77.1 Å². The lowest BCUT2D eigenvalue weighted by molar-refractivity contribution is -0.120. The normalized spacial score (nSPS) is 16.1. The lowest BCUT2D eigenvalue weighted by Gasteiger charge is -2.33. The van der Waals surface area contributed by atoms with Crippen molar-refractivity contribution in [2.75, 3.05) is 43.1 Å². The number of carbonyl (C=O) groups excluding carboxylic acids is 1. The number of ether oxygens (including phenoxy) is 2. The number of rotatable bonds is 10. The zero-order valence-corrected chi connectivity index (χ0v) is 25.1. The Morgan fingerprint density at radius 1 is 1.10 bits per heavy atom. The van der Waals surface area contributed by atoms with Crippen LogP contribution in [0.15, 0.2) is 65.6 Å². The van der Waals surface area contributed by atoms with E-state index < -0.39 is 28.3 Å². The summed E-state index contributed by atoms with van der Waals surface area (Å²) in [5, 5.41) is 2.61. The van der Waals surface area contributed by atoms with E-state index in [1.54, 1.807) is 0 Å². The highest BCUT2D eigenvalue weighted by molar-refractivity contribution is 7.92. The van der Waals surface area contributed by atoms with Gasteiger partial charge in [0.1, 0.15) is 12.4 Å². The highest BCUT2D eigenvalue weighted by Gasteiger charge is 2.29. The summed E-state index contributed by atoms with van der Waals surface area (Å²) in [6.45, 7) is 5.56. The number of hydrogen-bond donors (Lipinski definition) is 1. The van der Waals surface area contributed by atoms with Crippen molar-refractivity contribution < 1.29 is 27.1 Å². The van der Waals surface area contributed by atoms with Crippen LogP contribution < -0.4 is 24.0 Å². The van der Waals surface area contributed by atoms with Crippen molar-refractivity contribution in [2.24, 2.45) is 5.92 Å². The number of halogens is 2. The Morgan fingerprint density at radius 2 is 1.80 bits per heavy atom. The van der Waals surface area contributed by atoms with E-state index in [4.69, 9.17) is 21.1 Å². The highest BCUT2D eigenvalue weighted by atomic mass is 35.5. The van der Waals surface area contributed by atoms with Crippen molar-refractivity contribution in [2.45, 2.75) is 37.6 Å². The summed E-state index contributed by atoms with van der Waals surface area (Å²) in [4.78, 5) is 15.5. The quantitative estimate of drug-likeness (QED) is 0.315. The van der Waals surface area contributed by atoms with E-state index in [9.17, 15) is 17.6 Å². The number of nitrogens with one attached hydrogen (secondary N) is 1. The molecule has 1 aliphatic rings. The van der Waals surface area contributed by atoms with Gasteiger partial charge in [0, 0.05) is 24.8 Å². The monoisotopic (exact) mass is 603 g/mol. The zero-order chi connectivity index (χ0) is 29.7. The Kier molecular flexibility index (Phi) is 9.65. The van der Waals surface area contributed by atoms with E-state index in [0.29, 0.717) is 11.7 Å². The third kappa shape index (κ3) is 7.05. The van der Waals surface area contributed by atoms with Gasteiger partial charge in [0.05, 0.1) is 35.9 Å². The van der Waals surface area contributed by atoms with Crippen LogP contribution in [-0.2, 0) is 14.8 Å². The molecule has 1 aliphatic heterocycles. The average molecular weight is 604 g/mol. The number of hydrogen-bond acceptors (Lipinski definition) is 6. The molecule has 41 heavy (non-hydrogen) atoms. The van der Waals surface area contributed by atoms with Crippen LogP contribution in [0.25, 0.3) is 0 Å². The first-order valence-electron chi connectivity index (χ1n) is 13.4. The average Bonchev–Trinajstić information content (AvgIpc) is 2.97. The number of piperidine rings is 1. The molecule has 0 spiro atoms. The van der Waals surface area contributed by atoms with Crippen molar-refractivity contribution in [1.82, 2.24) is 5.32 Å². The Hall–Kier alpha value is -3.50. The second kappa shape index (κ2) is 13.0. The first kappa shape index (κ1) is 30.5. The predicted molar refractivity (Wildman–Crippen MR) is 159 cm³/mol. The summed E-state index contributed by atoms with van der Waals surface area (Å²) >= 11 is 5.98. The van der Waals surface area contributed by atoms with E-state index >= 15 is 0 Å². The number of benzene rings is 3. The van der Waals surface area contributed by atoms with Crippen LogP contribution in [0, 0.1) is 11.7 Å². The van der Waals surface area contributed by atoms with Gasteiger partial charge in [0.2, 0.25) is 5.91 Å². The van der Waals surface area contributed by atoms with E-state index in [0.717, 1.165) is 41.1 Å². The summed E-state index contributed by atoms with van der Waals surface area (Å²) in [6, 6.07) is 15.2. The molecule has 1 amide bonds. The van der Waals surface area contributed by atoms with Crippen molar-refractivity contribution in [1.29, 1.82) is 0 Å². The Balaban J connectivity index is 1.56. The molecule has 3 aromatic carbocycles. The number of anilines is 2. The molecule has 8 nitrogen and oxygen atoms in total. The molecule has 1 heterocycles. The molecule has 0 radical (unpaired) electrons. The summed E-state index contributed by atoms with van der Waals surface area (Å²) in [5.74, 6) is -0.0624. The van der Waals surface area contributed by atoms with Crippen LogP contribution in [0.3, 0.4) is 0 Å². The molecule has 1 fully saturated rings. The van der Waals surface area contributed by atoms with Crippen LogP contribution in [0.2, 0.25) is 5.02 Å². The summed E-state index contributed by atoms with van der Waals surface area (Å²) in [7, 11) is -1.48. The van der Waals surface area contributed by atoms with Crippen molar-refractivity contribution in [3.63, 3.8) is 0 Å². The first-order valence-corrected chi connectivity index (χ1v) is 15.2. The van der Waals surface area contributed by atoms with E-state index in [-0.39, 0.29) is 27.4 Å². The van der Waals surface area contributed by atoms with E-state index in [1.807, 2.05) is 31.2 Å². The minimum absolute atomic E-state index is 0.0362. The molecular weight excluding hydrogens is 569 g/mol. The van der Waals surface area contributed by atoms with Gasteiger partial charge in [-0.15, -0.1) is 0 Å². The molecule has 1 saturated heterocycles. The van der Waals surface area contributed by atoms with E-state index in [2.05, 4.69) is 17.1 Å². The van der Waals surface area contributed by atoms with Crippen molar-refractivity contribution >= 4 is 38.9 Å². The van der Waals surface area contributed by atoms with Gasteiger partial charge in [0.15, 0.2) is 11.5 Å². The van der Waals surface area contributed by atoms with Crippen LogP contribution in [-0.4, -0.2) is 48.2 Å². The third-order valence-electron chi connectivity index (χ3n) is 7.21. The fourth-order valence-electron chi connectivity index (χ4n) is 4.96. The maximum atomic E-state index is 13.9. The largest absolute Gasteiger partial charge is 0.493 e. The van der Waals surface area contributed by atoms with E-state index in [1.165, 1.54) is 51.0 Å². The molecule has 4 rings (SSSR count). The Labute approximate surface area is 246 Å². The number of sulfonamides is 1. The second-order valence-electron chi connectivity index (χ2n) is 10.2. The SMILES string of the molecule is COc1ccc(S(=O)(=O)N(CC(=O)NC(C)c2ccc(N3CCCC(C)C3)cc2)c2ccc(F)c(Cl)c2)cc1OC. The molecule has 220 valence electrons. The summed E-state index contributed by atoms with van der Waals surface area (Å²) < 4.78 is 52.9. The minimum atomic E-state index is -4.31. The lowest BCUT2D eigenvalue weighted by atomic mass is 9.99. The number of amides is 1. The standard InChI is InChI=1S/C30H35ClFN3O5S/c1-20-6-5-15-34(18-20)23-9-7-22(8-10-23)21(2)33-30(36)19-35(24-11-13-27(32)26(31)16-24)41(37,38)25-12-14-28(39-3)29(17-25)40-4/h7-14,16-17,20-21H,5-6,15,18-19H2,1-4H3,(H,33,36). The molecule has 3 aromatic rings. The zero-order valence-electron chi connectivity index (χ0n) is 23.6. The molecule has 0 bridgehead atoms. The first-order chi connectivity index (χ1) is 19.5. The maximum Gasteiger partial charge on any atom is 0.264 e. The van der Waals surface area contributed by atoms with Crippen molar-refractivity contribution in [3.8, 4) is 11.5 Å². The van der Waals surface area contributed by atoms with Crippen LogP contribution in [0.4, 0.5) is 15.8 Å². The molecule has 2 atom stereocenters. The molecule has 11 heteroatoms. The highest BCUT2D eigenvalue weighted by Crippen LogP contribution is 2.33. The Morgan fingerprint density at radius 3 is 2.44 bits per heavy atom. The van der Waals surface area contributed by atoms with Gasteiger partial charge < -0.3 is 19.7 Å². The molecule has 0 saturated carbocycles. The Bertz CT molecular complexity index is 1490. The van der Waals surface area contributed by atoms with Gasteiger partial charge in [-0.3, -0.25) is 9.10 Å². The fraction of sp³-hybridized carbons (Fsp3) is 0.367. The molecule has 0 aromatic heterocycles. The number of nitrogens with zero attached hydrogens (tertiary/aromatic N) is 2. The van der Waals surface area contributed by atoms with Crippen LogP contribution >= 0.6 is 11.6 Å². The minimum Gasteiger partial charge on any atom is -0.493 e. The summed E-state index contributed by atoms with van der Waals surface area (Å²) in [5.41, 5.74) is 2.06. The number of carbonyl (C=O) groups is 1. The van der Waals surface area contributed by atoms with Crippen LogP contribution in [0.5, 0.6) is 11.5 Å². The maximum absolute atomic E-state index is 13.9. The second-order valence-corrected chi connectivity index (χ2v) is 12.5. The molecule has 2 unspecified atom stereocenters. The van der Waals surface area contributed by atoms with Gasteiger partial charge in [-0.2, -0.15) is 0 Å². The topological polar surface area (TPSA) is 88.2 Å². The summed E-state index contributed by atoms with van der Waals surface area (Å²) in [6.07, 6.45) is 2.40. The fourth-order valence-corrected chi connectivity index (χ4v) is 6.56. The van der Waals surface area contributed by atoms with Crippen LogP contribution in [0.1, 0.15) is 38.3 Å². The van der Waals surface area contributed by atoms with Gasteiger partial charge in [0.25, 0.3) is 10.0 Å². The predicted octanol–water partition coefficient (Wildman–Crippen LogP) is 5.81. The van der Waals surface area contributed by atoms with Gasteiger partial charge >= 0.3 is 0 Å². The number of methoxy groups -OCH3 is 2. The molecule has 1 N–H and O–H groups in total.